The van der Waals surface area contributed by atoms with Crippen molar-refractivity contribution in [3.8, 4) is 0 Å². The van der Waals surface area contributed by atoms with Gasteiger partial charge < -0.3 is 5.32 Å². The van der Waals surface area contributed by atoms with E-state index in [-0.39, 0.29) is 0 Å². The molecule has 0 saturated heterocycles. The van der Waals surface area contributed by atoms with Crippen LogP contribution in [0.3, 0.4) is 0 Å². The first-order chi connectivity index (χ1) is 7.86. The summed E-state index contributed by atoms with van der Waals surface area (Å²) in [5.74, 6) is 0. The van der Waals surface area contributed by atoms with Crippen molar-refractivity contribution in [2.45, 2.75) is 39.2 Å². The maximum absolute atomic E-state index is 3.78. The molecule has 1 nitrogen and oxygen atoms in total. The van der Waals surface area contributed by atoms with Gasteiger partial charge >= 0.3 is 0 Å². The highest BCUT2D eigenvalue weighted by atomic mass is 14.8. The van der Waals surface area contributed by atoms with Crippen LogP contribution in [0.15, 0.2) is 30.8 Å². The van der Waals surface area contributed by atoms with Crippen LogP contribution in [0, 0.1) is 0 Å². The third-order valence-corrected chi connectivity index (χ3v) is 2.72. The van der Waals surface area contributed by atoms with Crippen LogP contribution in [0.1, 0.15) is 43.7 Å². The van der Waals surface area contributed by atoms with Crippen LogP contribution in [0.25, 0.3) is 6.08 Å². The number of benzene rings is 1. The number of hydrogen-bond acceptors (Lipinski definition) is 1. The van der Waals surface area contributed by atoms with E-state index in [1.807, 2.05) is 6.08 Å². The summed E-state index contributed by atoms with van der Waals surface area (Å²) >= 11 is 0. The molecule has 0 saturated carbocycles. The molecule has 1 heteroatoms. The highest BCUT2D eigenvalue weighted by molar-refractivity contribution is 5.47. The normalized spacial score (nSPS) is 10.3. The second kappa shape index (κ2) is 8.12. The zero-order valence-corrected chi connectivity index (χ0v) is 10.3. The van der Waals surface area contributed by atoms with Crippen molar-refractivity contribution in [3.05, 3.63) is 42.0 Å². The predicted octanol–water partition coefficient (Wildman–Crippen LogP) is 4.00. The summed E-state index contributed by atoms with van der Waals surface area (Å²) in [6.45, 7) is 8.12. The molecule has 1 N–H and O–H groups in total. The van der Waals surface area contributed by atoms with Crippen molar-refractivity contribution in [1.82, 2.24) is 5.32 Å². The van der Waals surface area contributed by atoms with Crippen LogP contribution in [0.2, 0.25) is 0 Å². The van der Waals surface area contributed by atoms with E-state index in [0.29, 0.717) is 0 Å². The molecule has 0 aromatic heterocycles. The fourth-order valence-corrected chi connectivity index (χ4v) is 1.74. The van der Waals surface area contributed by atoms with Gasteiger partial charge in [0, 0.05) is 6.54 Å². The molecule has 0 spiro atoms. The Morgan fingerprint density at radius 1 is 1.25 bits per heavy atom. The highest BCUT2D eigenvalue weighted by Gasteiger charge is 1.93. The van der Waals surface area contributed by atoms with Crippen molar-refractivity contribution in [1.29, 1.82) is 0 Å². The van der Waals surface area contributed by atoms with E-state index in [2.05, 4.69) is 43.1 Å². The summed E-state index contributed by atoms with van der Waals surface area (Å²) in [6, 6.07) is 8.51. The zero-order chi connectivity index (χ0) is 11.6. The lowest BCUT2D eigenvalue weighted by Gasteiger charge is -2.05. The Morgan fingerprint density at radius 3 is 2.88 bits per heavy atom. The van der Waals surface area contributed by atoms with Crippen molar-refractivity contribution in [3.63, 3.8) is 0 Å². The minimum absolute atomic E-state index is 0.966. The quantitative estimate of drug-likeness (QED) is 0.649. The summed E-state index contributed by atoms with van der Waals surface area (Å²) < 4.78 is 0. The molecule has 1 rings (SSSR count). The molecule has 0 heterocycles. The van der Waals surface area contributed by atoms with Crippen molar-refractivity contribution in [2.24, 2.45) is 0 Å². The second-order valence-electron chi connectivity index (χ2n) is 4.19. The monoisotopic (exact) mass is 217 g/mol. The summed E-state index contributed by atoms with van der Waals surface area (Å²) in [5.41, 5.74) is 2.54. The average Bonchev–Trinajstić information content (AvgIpc) is 2.34. The van der Waals surface area contributed by atoms with Crippen LogP contribution in [0.5, 0.6) is 0 Å². The maximum Gasteiger partial charge on any atom is 0.0205 e. The Balaban J connectivity index is 2.18. The topological polar surface area (TPSA) is 12.0 Å². The third kappa shape index (κ3) is 5.13. The molecule has 0 aliphatic heterocycles. The zero-order valence-electron chi connectivity index (χ0n) is 10.3. The molecule has 1 aromatic rings. The molecule has 0 bridgehead atoms. The van der Waals surface area contributed by atoms with E-state index < -0.39 is 0 Å². The summed E-state index contributed by atoms with van der Waals surface area (Å²) in [6.07, 6.45) is 7.19. The van der Waals surface area contributed by atoms with Gasteiger partial charge in [0.15, 0.2) is 0 Å². The van der Waals surface area contributed by atoms with Crippen molar-refractivity contribution in [2.75, 3.05) is 6.54 Å². The predicted molar refractivity (Wildman–Crippen MR) is 72.4 cm³/mol. The van der Waals surface area contributed by atoms with Crippen LogP contribution >= 0.6 is 0 Å². The lowest BCUT2D eigenvalue weighted by molar-refractivity contribution is 0.598. The first kappa shape index (κ1) is 13.0. The second-order valence-corrected chi connectivity index (χ2v) is 4.19. The summed E-state index contributed by atoms with van der Waals surface area (Å²) in [4.78, 5) is 0. The molecular weight excluding hydrogens is 194 g/mol. The minimum Gasteiger partial charge on any atom is -0.313 e. The van der Waals surface area contributed by atoms with Gasteiger partial charge in [-0.25, -0.2) is 0 Å². The average molecular weight is 217 g/mol. The molecule has 0 unspecified atom stereocenters. The molecule has 0 fully saturated rings. The Bertz CT molecular complexity index is 304. The Kier molecular flexibility index (Phi) is 6.59. The smallest absolute Gasteiger partial charge is 0.0205 e. The standard InChI is InChI=1S/C15H23N/c1-3-5-6-7-11-16-13-15-10-8-9-14(4-2)12-15/h4,8-10,12,16H,2-3,5-7,11,13H2,1H3. The molecule has 1 aromatic carbocycles. The number of hydrogen-bond donors (Lipinski definition) is 1. The van der Waals surface area contributed by atoms with E-state index in [1.165, 1.54) is 36.8 Å². The first-order valence-corrected chi connectivity index (χ1v) is 6.29. The number of rotatable bonds is 8. The van der Waals surface area contributed by atoms with Crippen LogP contribution in [0.4, 0.5) is 0 Å². The van der Waals surface area contributed by atoms with Gasteiger partial charge in [-0.2, -0.15) is 0 Å². The van der Waals surface area contributed by atoms with E-state index >= 15 is 0 Å². The molecular formula is C15H23N. The van der Waals surface area contributed by atoms with Gasteiger partial charge in [0.2, 0.25) is 0 Å². The SMILES string of the molecule is C=Cc1cccc(CNCCCCCC)c1. The molecule has 16 heavy (non-hydrogen) atoms. The van der Waals surface area contributed by atoms with Crippen molar-refractivity contribution >= 4 is 6.08 Å². The van der Waals surface area contributed by atoms with E-state index in [0.717, 1.165) is 13.1 Å². The van der Waals surface area contributed by atoms with E-state index in [4.69, 9.17) is 0 Å². The number of unbranched alkanes of at least 4 members (excludes halogenated alkanes) is 3. The summed E-state index contributed by atoms with van der Waals surface area (Å²) in [5, 5.41) is 3.48. The first-order valence-electron chi connectivity index (χ1n) is 6.29. The van der Waals surface area contributed by atoms with Gasteiger partial charge in [-0.1, -0.05) is 63.1 Å². The summed E-state index contributed by atoms with van der Waals surface area (Å²) in [7, 11) is 0. The highest BCUT2D eigenvalue weighted by Crippen LogP contribution is 2.06. The lowest BCUT2D eigenvalue weighted by Crippen LogP contribution is -2.14. The fraction of sp³-hybridized carbons (Fsp3) is 0.467. The van der Waals surface area contributed by atoms with E-state index in [1.54, 1.807) is 0 Å². The van der Waals surface area contributed by atoms with Crippen molar-refractivity contribution < 1.29 is 0 Å². The third-order valence-electron chi connectivity index (χ3n) is 2.72. The maximum atomic E-state index is 3.78. The molecule has 0 amide bonds. The fourth-order valence-electron chi connectivity index (χ4n) is 1.74. The van der Waals surface area contributed by atoms with Gasteiger partial charge in [0.05, 0.1) is 0 Å². The number of nitrogens with one attached hydrogen (secondary N) is 1. The Morgan fingerprint density at radius 2 is 2.12 bits per heavy atom. The van der Waals surface area contributed by atoms with Crippen LogP contribution in [-0.2, 0) is 6.54 Å². The Labute approximate surface area is 99.6 Å². The van der Waals surface area contributed by atoms with Gasteiger partial charge in [-0.15, -0.1) is 0 Å². The molecule has 0 aliphatic carbocycles. The van der Waals surface area contributed by atoms with Gasteiger partial charge in [-0.3, -0.25) is 0 Å². The minimum atomic E-state index is 0.966. The van der Waals surface area contributed by atoms with Crippen LogP contribution in [-0.4, -0.2) is 6.54 Å². The van der Waals surface area contributed by atoms with E-state index in [9.17, 15) is 0 Å². The largest absolute Gasteiger partial charge is 0.313 e. The Hall–Kier alpha value is -1.08. The lowest BCUT2D eigenvalue weighted by atomic mass is 10.1. The van der Waals surface area contributed by atoms with Gasteiger partial charge in [0.25, 0.3) is 0 Å². The molecule has 88 valence electrons. The molecule has 0 atom stereocenters. The molecule has 0 aliphatic rings. The van der Waals surface area contributed by atoms with Gasteiger partial charge in [-0.05, 0) is 24.1 Å². The van der Waals surface area contributed by atoms with Crippen LogP contribution < -0.4 is 5.32 Å². The van der Waals surface area contributed by atoms with Gasteiger partial charge in [0.1, 0.15) is 0 Å². The molecule has 0 radical (unpaired) electrons.